The molecule has 0 saturated heterocycles. The maximum absolute atomic E-state index is 12.5. The lowest BCUT2D eigenvalue weighted by molar-refractivity contribution is 0.0955. The van der Waals surface area contributed by atoms with E-state index >= 15 is 0 Å². The number of nitrogens with zero attached hydrogens (tertiary/aromatic N) is 2. The normalized spacial score (nSPS) is 10.7. The highest BCUT2D eigenvalue weighted by Gasteiger charge is 2.15. The Bertz CT molecular complexity index is 865. The Morgan fingerprint density at radius 1 is 1.36 bits per heavy atom. The second-order valence-electron chi connectivity index (χ2n) is 5.65. The highest BCUT2D eigenvalue weighted by Crippen LogP contribution is 2.25. The van der Waals surface area contributed by atoms with Crippen LogP contribution in [0.3, 0.4) is 0 Å². The van der Waals surface area contributed by atoms with Gasteiger partial charge in [0, 0.05) is 23.4 Å². The van der Waals surface area contributed by atoms with Crippen LogP contribution >= 0.6 is 11.3 Å². The van der Waals surface area contributed by atoms with Crippen LogP contribution in [0.25, 0.3) is 11.3 Å². The largest absolute Gasteiger partial charge is 0.497 e. The van der Waals surface area contributed by atoms with Crippen LogP contribution < -0.4 is 10.1 Å². The number of carbonyl (C=O) groups excluding carboxylic acids is 1. The summed E-state index contributed by atoms with van der Waals surface area (Å²) < 4.78 is 5.24. The average Bonchev–Trinajstić information content (AvgIpc) is 3.22. The first-order valence-electron chi connectivity index (χ1n) is 7.97. The number of aromatic amines is 1. The Kier molecular flexibility index (Phi) is 5.14. The van der Waals surface area contributed by atoms with Crippen molar-refractivity contribution in [2.24, 2.45) is 0 Å². The quantitative estimate of drug-likeness (QED) is 0.711. The van der Waals surface area contributed by atoms with Gasteiger partial charge in [-0.15, -0.1) is 11.3 Å². The van der Waals surface area contributed by atoms with Crippen molar-refractivity contribution in [1.29, 1.82) is 0 Å². The van der Waals surface area contributed by atoms with E-state index in [1.807, 2.05) is 31.2 Å². The summed E-state index contributed by atoms with van der Waals surface area (Å²) in [6, 6.07) is 7.51. The Morgan fingerprint density at radius 3 is 2.92 bits per heavy atom. The van der Waals surface area contributed by atoms with Gasteiger partial charge < -0.3 is 10.1 Å². The van der Waals surface area contributed by atoms with E-state index in [2.05, 4.69) is 27.4 Å². The number of H-pyrrole nitrogens is 1. The molecule has 1 amide bonds. The fourth-order valence-corrected chi connectivity index (χ4v) is 3.41. The van der Waals surface area contributed by atoms with Gasteiger partial charge in [0.15, 0.2) is 0 Å². The molecule has 0 aliphatic carbocycles. The molecule has 0 bridgehead atoms. The lowest BCUT2D eigenvalue weighted by Gasteiger charge is -2.06. The number of nitrogens with one attached hydrogen (secondary N) is 2. The van der Waals surface area contributed by atoms with Crippen molar-refractivity contribution >= 4 is 17.2 Å². The summed E-state index contributed by atoms with van der Waals surface area (Å²) in [6.07, 6.45) is 2.26. The Hall–Kier alpha value is -2.67. The van der Waals surface area contributed by atoms with Crippen LogP contribution in [0.1, 0.15) is 25.9 Å². The maximum Gasteiger partial charge on any atom is 0.255 e. The molecule has 2 aromatic heterocycles. The fraction of sp³-hybridized carbons (Fsp3) is 0.278. The van der Waals surface area contributed by atoms with Crippen molar-refractivity contribution < 1.29 is 9.53 Å². The van der Waals surface area contributed by atoms with Gasteiger partial charge in [-0.2, -0.15) is 5.10 Å². The first-order valence-corrected chi connectivity index (χ1v) is 8.79. The smallest absolute Gasteiger partial charge is 0.255 e. The van der Waals surface area contributed by atoms with E-state index in [0.717, 1.165) is 28.4 Å². The highest BCUT2D eigenvalue weighted by molar-refractivity contribution is 7.11. The zero-order chi connectivity index (χ0) is 17.8. The van der Waals surface area contributed by atoms with Gasteiger partial charge in [0.2, 0.25) is 0 Å². The number of hydrogen-bond acceptors (Lipinski definition) is 5. The van der Waals surface area contributed by atoms with Crippen molar-refractivity contribution in [2.75, 3.05) is 13.7 Å². The molecule has 0 atom stereocenters. The molecule has 0 unspecified atom stereocenters. The summed E-state index contributed by atoms with van der Waals surface area (Å²) >= 11 is 1.67. The topological polar surface area (TPSA) is 79.9 Å². The van der Waals surface area contributed by atoms with E-state index in [-0.39, 0.29) is 5.91 Å². The monoisotopic (exact) mass is 356 g/mol. The van der Waals surface area contributed by atoms with Crippen molar-refractivity contribution in [3.63, 3.8) is 0 Å². The molecule has 2 heterocycles. The van der Waals surface area contributed by atoms with E-state index in [4.69, 9.17) is 4.74 Å². The van der Waals surface area contributed by atoms with Gasteiger partial charge in [-0.05, 0) is 26.0 Å². The van der Waals surface area contributed by atoms with Crippen molar-refractivity contribution in [3.8, 4) is 17.0 Å². The van der Waals surface area contributed by atoms with E-state index in [1.54, 1.807) is 24.6 Å². The predicted molar refractivity (Wildman–Crippen MR) is 98.2 cm³/mol. The molecule has 1 aromatic carbocycles. The van der Waals surface area contributed by atoms with Gasteiger partial charge in [0.25, 0.3) is 5.91 Å². The molecule has 0 aliphatic rings. The number of amides is 1. The van der Waals surface area contributed by atoms with Crippen LogP contribution in [-0.4, -0.2) is 34.7 Å². The summed E-state index contributed by atoms with van der Waals surface area (Å²) in [4.78, 5) is 18.2. The fourth-order valence-electron chi connectivity index (χ4n) is 2.48. The van der Waals surface area contributed by atoms with Crippen LogP contribution in [0.2, 0.25) is 0 Å². The van der Waals surface area contributed by atoms with Gasteiger partial charge in [0.05, 0.1) is 35.3 Å². The second-order valence-corrected chi connectivity index (χ2v) is 6.93. The van der Waals surface area contributed by atoms with Crippen LogP contribution in [0, 0.1) is 13.8 Å². The van der Waals surface area contributed by atoms with Crippen molar-refractivity contribution in [1.82, 2.24) is 20.5 Å². The third kappa shape index (κ3) is 3.88. The summed E-state index contributed by atoms with van der Waals surface area (Å²) in [5, 5.41) is 10.9. The van der Waals surface area contributed by atoms with E-state index in [0.29, 0.717) is 17.8 Å². The molecule has 3 rings (SSSR count). The van der Waals surface area contributed by atoms with E-state index < -0.39 is 0 Å². The lowest BCUT2D eigenvalue weighted by atomic mass is 10.1. The van der Waals surface area contributed by atoms with Crippen LogP contribution in [0.5, 0.6) is 5.75 Å². The molecule has 6 nitrogen and oxygen atoms in total. The SMILES string of the molecule is COc1cccc(-c2[nH]ncc2C(=O)NCCc2nc(C)c(C)s2)c1. The standard InChI is InChI=1S/C18H20N4O2S/c1-11-12(2)25-16(21-11)7-8-19-18(23)15-10-20-22-17(15)13-5-4-6-14(9-13)24-3/h4-6,9-10H,7-8H2,1-3H3,(H,19,23)(H,20,22). The number of ether oxygens (including phenoxy) is 1. The summed E-state index contributed by atoms with van der Waals surface area (Å²) in [5.74, 6) is 0.574. The number of thiazole rings is 1. The third-order valence-corrected chi connectivity index (χ3v) is 5.07. The van der Waals surface area contributed by atoms with Crippen molar-refractivity contribution in [2.45, 2.75) is 20.3 Å². The van der Waals surface area contributed by atoms with Gasteiger partial charge in [-0.25, -0.2) is 4.98 Å². The number of carbonyl (C=O) groups is 1. The number of aryl methyl sites for hydroxylation is 2. The minimum Gasteiger partial charge on any atom is -0.497 e. The Labute approximate surface area is 150 Å². The number of rotatable bonds is 6. The van der Waals surface area contributed by atoms with Crippen LogP contribution in [0.15, 0.2) is 30.5 Å². The zero-order valence-electron chi connectivity index (χ0n) is 14.4. The van der Waals surface area contributed by atoms with Crippen LogP contribution in [-0.2, 0) is 6.42 Å². The first-order chi connectivity index (χ1) is 12.1. The molecular weight excluding hydrogens is 336 g/mol. The Balaban J connectivity index is 1.67. The summed E-state index contributed by atoms with van der Waals surface area (Å²) in [6.45, 7) is 4.59. The number of hydrogen-bond donors (Lipinski definition) is 2. The summed E-state index contributed by atoms with van der Waals surface area (Å²) in [5.41, 5.74) is 3.10. The molecule has 25 heavy (non-hydrogen) atoms. The highest BCUT2D eigenvalue weighted by atomic mass is 32.1. The number of benzene rings is 1. The van der Waals surface area contributed by atoms with Gasteiger partial charge in [-0.3, -0.25) is 9.89 Å². The minimum atomic E-state index is -0.156. The molecule has 3 aromatic rings. The maximum atomic E-state index is 12.5. The number of aromatic nitrogens is 3. The molecule has 0 aliphatic heterocycles. The second kappa shape index (κ2) is 7.48. The average molecular weight is 356 g/mol. The van der Waals surface area contributed by atoms with E-state index in [9.17, 15) is 4.79 Å². The van der Waals surface area contributed by atoms with Gasteiger partial charge in [-0.1, -0.05) is 12.1 Å². The molecule has 0 fully saturated rings. The van der Waals surface area contributed by atoms with Gasteiger partial charge in [0.1, 0.15) is 5.75 Å². The Morgan fingerprint density at radius 2 is 2.20 bits per heavy atom. The molecule has 7 heteroatoms. The number of methoxy groups -OCH3 is 1. The molecule has 2 N–H and O–H groups in total. The van der Waals surface area contributed by atoms with Crippen LogP contribution in [0.4, 0.5) is 0 Å². The predicted octanol–water partition coefficient (Wildman–Crippen LogP) is 3.13. The lowest BCUT2D eigenvalue weighted by Crippen LogP contribution is -2.25. The molecule has 130 valence electrons. The third-order valence-electron chi connectivity index (χ3n) is 3.94. The summed E-state index contributed by atoms with van der Waals surface area (Å²) in [7, 11) is 1.61. The van der Waals surface area contributed by atoms with E-state index in [1.165, 1.54) is 4.88 Å². The molecule has 0 spiro atoms. The molecule has 0 saturated carbocycles. The zero-order valence-corrected chi connectivity index (χ0v) is 15.2. The minimum absolute atomic E-state index is 0.156. The molecular formula is C18H20N4O2S. The van der Waals surface area contributed by atoms with Crippen molar-refractivity contribution in [3.05, 3.63) is 51.6 Å². The first kappa shape index (κ1) is 17.2. The molecule has 0 radical (unpaired) electrons. The van der Waals surface area contributed by atoms with Gasteiger partial charge >= 0.3 is 0 Å².